The first-order chi connectivity index (χ1) is 32.5. The second-order valence-electron chi connectivity index (χ2n) is 17.4. The lowest BCUT2D eigenvalue weighted by Gasteiger charge is -2.43. The van der Waals surface area contributed by atoms with Crippen molar-refractivity contribution in [2.75, 3.05) is 13.2 Å². The SMILES string of the molecule is CC/C=C\C/C=C\C/C=C\C/C=C\C=C\C(O)CCCC(=O)O[C@H](COC(=O)CCCCCCCCCCCCCCCCCCC)COP(=O)(O)O[C@H]1C(O)C(O)C(O)[C@@H](OP(=O)(O)O)C1O. The molecular weight excluding hydrogens is 922 g/mol. The Morgan fingerprint density at radius 1 is 0.544 bits per heavy atom. The number of phosphoric acid groups is 2. The van der Waals surface area contributed by atoms with Gasteiger partial charge in [0.05, 0.1) is 12.7 Å². The number of hydrogen-bond donors (Lipinski definition) is 8. The summed E-state index contributed by atoms with van der Waals surface area (Å²) in [6.07, 6.45) is 27.6. The lowest BCUT2D eigenvalue weighted by atomic mass is 9.85. The quantitative estimate of drug-likeness (QED) is 0.00934. The number of ether oxygens (including phenoxy) is 2. The maximum Gasteiger partial charge on any atom is 0.472 e. The van der Waals surface area contributed by atoms with Crippen LogP contribution in [0.4, 0.5) is 0 Å². The zero-order valence-corrected chi connectivity index (χ0v) is 42.4. The van der Waals surface area contributed by atoms with Crippen molar-refractivity contribution in [2.24, 2.45) is 0 Å². The second kappa shape index (κ2) is 39.3. The van der Waals surface area contributed by atoms with Gasteiger partial charge in [0.25, 0.3) is 0 Å². The van der Waals surface area contributed by atoms with E-state index in [0.717, 1.165) is 51.4 Å². The molecule has 8 N–H and O–H groups in total. The summed E-state index contributed by atoms with van der Waals surface area (Å²) in [7, 11) is -10.8. The van der Waals surface area contributed by atoms with Crippen LogP contribution in [-0.4, -0.2) is 114 Å². The van der Waals surface area contributed by atoms with E-state index in [1.165, 1.54) is 77.0 Å². The van der Waals surface area contributed by atoms with Crippen LogP contribution in [0.3, 0.4) is 0 Å². The average molecular weight is 1010 g/mol. The number of aliphatic hydroxyl groups excluding tert-OH is 5. The van der Waals surface area contributed by atoms with Gasteiger partial charge in [-0.2, -0.15) is 0 Å². The van der Waals surface area contributed by atoms with Crippen LogP contribution in [0.25, 0.3) is 0 Å². The van der Waals surface area contributed by atoms with E-state index < -0.39 is 89.6 Å². The zero-order chi connectivity index (χ0) is 50.5. The molecule has 1 saturated carbocycles. The molecule has 0 heterocycles. The van der Waals surface area contributed by atoms with Crippen molar-refractivity contribution in [1.29, 1.82) is 0 Å². The molecule has 0 aliphatic heterocycles. The van der Waals surface area contributed by atoms with Gasteiger partial charge in [0.2, 0.25) is 0 Å². The first kappa shape index (κ1) is 63.7. The normalized spacial score (nSPS) is 22.2. The molecule has 1 fully saturated rings. The van der Waals surface area contributed by atoms with E-state index >= 15 is 0 Å². The number of allylic oxidation sites excluding steroid dienone is 9. The van der Waals surface area contributed by atoms with Crippen LogP contribution in [-0.2, 0) is 41.8 Å². The van der Waals surface area contributed by atoms with Crippen molar-refractivity contribution in [3.63, 3.8) is 0 Å². The van der Waals surface area contributed by atoms with Gasteiger partial charge in [-0.1, -0.05) is 177 Å². The van der Waals surface area contributed by atoms with E-state index in [9.17, 15) is 58.9 Å². The number of carbonyl (C=O) groups excluding carboxylic acids is 2. The molecule has 0 saturated heterocycles. The fourth-order valence-electron chi connectivity index (χ4n) is 7.35. The molecule has 0 aromatic rings. The van der Waals surface area contributed by atoms with E-state index in [-0.39, 0.29) is 25.7 Å². The Kier molecular flexibility index (Phi) is 36.8. The topological polar surface area (TPSA) is 276 Å². The van der Waals surface area contributed by atoms with Gasteiger partial charge >= 0.3 is 27.6 Å². The molecule has 0 bridgehead atoms. The molecule has 9 atom stereocenters. The summed E-state index contributed by atoms with van der Waals surface area (Å²) in [5.74, 6) is -1.41. The van der Waals surface area contributed by atoms with Crippen molar-refractivity contribution >= 4 is 27.6 Å². The summed E-state index contributed by atoms with van der Waals surface area (Å²) in [4.78, 5) is 54.4. The summed E-state index contributed by atoms with van der Waals surface area (Å²) >= 11 is 0. The second-order valence-corrected chi connectivity index (χ2v) is 20.0. The third kappa shape index (κ3) is 33.3. The zero-order valence-electron chi connectivity index (χ0n) is 40.6. The van der Waals surface area contributed by atoms with Gasteiger partial charge in [-0.25, -0.2) is 9.13 Å². The molecular formula is C49H86O17P2. The van der Waals surface area contributed by atoms with Gasteiger partial charge in [-0.3, -0.25) is 23.2 Å². The van der Waals surface area contributed by atoms with Gasteiger partial charge in [0.1, 0.15) is 43.2 Å². The minimum Gasteiger partial charge on any atom is -0.462 e. The molecule has 1 aliphatic rings. The van der Waals surface area contributed by atoms with Gasteiger partial charge < -0.3 is 49.7 Å². The van der Waals surface area contributed by atoms with Crippen LogP contribution in [0.5, 0.6) is 0 Å². The number of phosphoric ester groups is 2. The third-order valence-electron chi connectivity index (χ3n) is 11.2. The number of hydrogen-bond acceptors (Lipinski definition) is 14. The van der Waals surface area contributed by atoms with Crippen molar-refractivity contribution < 1.29 is 82.0 Å². The molecule has 6 unspecified atom stereocenters. The largest absolute Gasteiger partial charge is 0.472 e. The first-order valence-corrected chi connectivity index (χ1v) is 28.0. The Morgan fingerprint density at radius 2 is 1.01 bits per heavy atom. The highest BCUT2D eigenvalue weighted by atomic mass is 31.2. The average Bonchev–Trinajstić information content (AvgIpc) is 3.29. The molecule has 19 heteroatoms. The van der Waals surface area contributed by atoms with E-state index in [1.54, 1.807) is 18.2 Å². The first-order valence-electron chi connectivity index (χ1n) is 24.9. The van der Waals surface area contributed by atoms with E-state index in [2.05, 4.69) is 48.8 Å². The molecule has 68 heavy (non-hydrogen) atoms. The number of aliphatic hydroxyl groups is 5. The molecule has 0 amide bonds. The van der Waals surface area contributed by atoms with E-state index in [4.69, 9.17) is 18.5 Å². The monoisotopic (exact) mass is 1010 g/mol. The van der Waals surface area contributed by atoms with E-state index in [1.807, 2.05) is 12.2 Å². The lowest BCUT2D eigenvalue weighted by Crippen LogP contribution is -2.64. The highest BCUT2D eigenvalue weighted by Gasteiger charge is 2.54. The fourth-order valence-corrected chi connectivity index (χ4v) is 8.89. The van der Waals surface area contributed by atoms with Crippen LogP contribution in [0.1, 0.15) is 174 Å². The lowest BCUT2D eigenvalue weighted by molar-refractivity contribution is -0.216. The van der Waals surface area contributed by atoms with Gasteiger partial charge in [0, 0.05) is 12.8 Å². The van der Waals surface area contributed by atoms with Crippen LogP contribution in [0.15, 0.2) is 60.8 Å². The summed E-state index contributed by atoms with van der Waals surface area (Å²) in [6, 6.07) is 0. The molecule has 0 spiro atoms. The molecule has 0 radical (unpaired) electrons. The molecule has 394 valence electrons. The minimum atomic E-state index is -5.39. The number of carbonyl (C=O) groups is 2. The van der Waals surface area contributed by atoms with Crippen LogP contribution in [0, 0.1) is 0 Å². The summed E-state index contributed by atoms with van der Waals surface area (Å²) in [5, 5.41) is 51.6. The Bertz CT molecular complexity index is 1560. The minimum absolute atomic E-state index is 0.0809. The van der Waals surface area contributed by atoms with E-state index in [0.29, 0.717) is 6.42 Å². The number of unbranched alkanes of at least 4 members (excludes halogenated alkanes) is 16. The van der Waals surface area contributed by atoms with Gasteiger partial charge in [-0.05, 0) is 44.9 Å². The standard InChI is InChI=1S/C49H86O17P2/c1-3-5-7-9-11-13-15-17-18-19-20-22-24-26-28-30-32-36-42(51)62-38-41(39-63-68(60,61)66-49-46(55)44(53)45(54)48(47(49)56)65-67(57,58)59)64-43(52)37-33-35-40(50)34-31-29-27-25-23-21-16-14-12-10-8-6-4-2/h6,8,12,14,21,23,27,29,31,34,40-41,44-50,53-56H,3-5,7,9-11,13,15-20,22,24-26,28,30,32-33,35-39H2,1-2H3,(H,60,61)(H2,57,58,59)/b8-6-,14-12-,23-21-,29-27-,34-31+/t40?,41-,44?,45?,46?,47?,48-,49+/m1/s1. The predicted octanol–water partition coefficient (Wildman–Crippen LogP) is 8.81. The van der Waals surface area contributed by atoms with Gasteiger partial charge in [-0.15, -0.1) is 0 Å². The van der Waals surface area contributed by atoms with Crippen molar-refractivity contribution in [2.45, 2.75) is 223 Å². The third-order valence-corrected chi connectivity index (χ3v) is 12.7. The fraction of sp³-hybridized carbons (Fsp3) is 0.755. The molecule has 1 aliphatic carbocycles. The molecule has 1 rings (SSSR count). The predicted molar refractivity (Wildman–Crippen MR) is 261 cm³/mol. The Hall–Kier alpha value is -2.34. The highest BCUT2D eigenvalue weighted by molar-refractivity contribution is 7.47. The summed E-state index contributed by atoms with van der Waals surface area (Å²) in [5.41, 5.74) is 0. The van der Waals surface area contributed by atoms with Crippen LogP contribution < -0.4 is 0 Å². The van der Waals surface area contributed by atoms with Crippen molar-refractivity contribution in [1.82, 2.24) is 0 Å². The summed E-state index contributed by atoms with van der Waals surface area (Å²) < 4.78 is 49.3. The number of rotatable bonds is 41. The van der Waals surface area contributed by atoms with Gasteiger partial charge in [0.15, 0.2) is 6.10 Å². The molecule has 17 nitrogen and oxygen atoms in total. The molecule has 0 aromatic carbocycles. The van der Waals surface area contributed by atoms with Crippen LogP contribution in [0.2, 0.25) is 0 Å². The Labute approximate surface area is 405 Å². The smallest absolute Gasteiger partial charge is 0.462 e. The maximum absolute atomic E-state index is 13.0. The maximum atomic E-state index is 13.0. The van der Waals surface area contributed by atoms with Crippen LogP contribution >= 0.6 is 15.6 Å². The molecule has 0 aromatic heterocycles. The highest BCUT2D eigenvalue weighted by Crippen LogP contribution is 2.49. The summed E-state index contributed by atoms with van der Waals surface area (Å²) in [6.45, 7) is 2.85. The van der Waals surface area contributed by atoms with Crippen molar-refractivity contribution in [3.05, 3.63) is 60.8 Å². The number of esters is 2. The van der Waals surface area contributed by atoms with Crippen molar-refractivity contribution in [3.8, 4) is 0 Å². The Morgan fingerprint density at radius 3 is 1.53 bits per heavy atom. The Balaban J connectivity index is 2.65.